The first-order valence-electron chi connectivity index (χ1n) is 14.0. The fourth-order valence-electron chi connectivity index (χ4n) is 3.91. The van der Waals surface area contributed by atoms with Gasteiger partial charge in [0.05, 0.1) is 32.2 Å². The molecule has 0 saturated carbocycles. The van der Waals surface area contributed by atoms with Crippen LogP contribution < -0.4 is 15.9 Å². The van der Waals surface area contributed by atoms with E-state index in [2.05, 4.69) is 39.0 Å². The third-order valence-corrected chi connectivity index (χ3v) is 8.36. The van der Waals surface area contributed by atoms with Gasteiger partial charge in [-0.1, -0.05) is 39.5 Å². The van der Waals surface area contributed by atoms with Crippen LogP contribution in [0.1, 0.15) is 80.1 Å². The molecular formula is C26H46N7O6P. The summed E-state index contributed by atoms with van der Waals surface area (Å²) < 4.78 is 32.6. The summed E-state index contributed by atoms with van der Waals surface area (Å²) in [5.41, 5.74) is 5.59. The number of rotatable bonds is 19. The van der Waals surface area contributed by atoms with Crippen molar-refractivity contribution in [2.75, 3.05) is 25.3 Å². The standard InChI is InChI=1S/C26H46N7O6P/c1-7-9-11-13-37-24(34)20(4)31-40(36,32-26(5,6)25(35)38-14-12-10-8-2)18-39-19(3)15-33-17-30-21-22(27)28-16-29-23(21)33/h16-17,19-20H,7-15,18H2,1-6H3,(H2,27,28,29)(H2,31,32,36)/t19-,20+,40?/m0/s1. The molecule has 2 aromatic heterocycles. The van der Waals surface area contributed by atoms with Crippen LogP contribution in [0.2, 0.25) is 0 Å². The van der Waals surface area contributed by atoms with E-state index in [0.717, 1.165) is 38.5 Å². The Morgan fingerprint density at radius 3 is 2.35 bits per heavy atom. The second kappa shape index (κ2) is 16.0. The normalized spacial score (nSPS) is 14.9. The second-order valence-corrected chi connectivity index (χ2v) is 12.7. The molecule has 0 bridgehead atoms. The van der Waals surface area contributed by atoms with Gasteiger partial charge in [-0.3, -0.25) is 14.2 Å². The molecule has 2 aromatic rings. The summed E-state index contributed by atoms with van der Waals surface area (Å²) in [6, 6.07) is -0.910. The monoisotopic (exact) mass is 583 g/mol. The smallest absolute Gasteiger partial charge is 0.326 e. The van der Waals surface area contributed by atoms with E-state index in [0.29, 0.717) is 17.7 Å². The predicted molar refractivity (Wildman–Crippen MR) is 154 cm³/mol. The van der Waals surface area contributed by atoms with Crippen LogP contribution in [0, 0.1) is 0 Å². The van der Waals surface area contributed by atoms with Crippen LogP contribution in [0.15, 0.2) is 12.7 Å². The van der Waals surface area contributed by atoms with Crippen LogP contribution in [-0.4, -0.2) is 68.7 Å². The number of anilines is 1. The lowest BCUT2D eigenvalue weighted by Crippen LogP contribution is -2.50. The number of carbonyl (C=O) groups is 2. The minimum Gasteiger partial charge on any atom is -0.465 e. The first-order valence-corrected chi connectivity index (χ1v) is 15.8. The molecule has 0 aliphatic rings. The van der Waals surface area contributed by atoms with Gasteiger partial charge in [0, 0.05) is 0 Å². The molecule has 13 nitrogen and oxygen atoms in total. The van der Waals surface area contributed by atoms with E-state index < -0.39 is 37.1 Å². The summed E-state index contributed by atoms with van der Waals surface area (Å²) in [6.07, 6.45) is 7.57. The Morgan fingerprint density at radius 2 is 1.70 bits per heavy atom. The molecule has 1 unspecified atom stereocenters. The summed E-state index contributed by atoms with van der Waals surface area (Å²) in [4.78, 5) is 37.9. The molecule has 0 amide bonds. The Morgan fingerprint density at radius 1 is 1.05 bits per heavy atom. The van der Waals surface area contributed by atoms with E-state index in [9.17, 15) is 14.2 Å². The number of ether oxygens (including phenoxy) is 3. The highest BCUT2D eigenvalue weighted by Gasteiger charge is 2.39. The summed E-state index contributed by atoms with van der Waals surface area (Å²) in [6.45, 7) is 11.6. The zero-order valence-corrected chi connectivity index (χ0v) is 25.5. The van der Waals surface area contributed by atoms with Gasteiger partial charge in [-0.2, -0.15) is 0 Å². The van der Waals surface area contributed by atoms with Crippen LogP contribution in [0.25, 0.3) is 11.2 Å². The Kier molecular flexibility index (Phi) is 13.4. The van der Waals surface area contributed by atoms with Gasteiger partial charge in [-0.25, -0.2) is 25.1 Å². The van der Waals surface area contributed by atoms with Crippen LogP contribution in [0.3, 0.4) is 0 Å². The fourth-order valence-corrected chi connectivity index (χ4v) is 6.30. The number of hydrogen-bond donors (Lipinski definition) is 3. The summed E-state index contributed by atoms with van der Waals surface area (Å²) in [5, 5.41) is 5.76. The highest BCUT2D eigenvalue weighted by atomic mass is 31.2. The number of nitrogens with two attached hydrogens (primary N) is 1. The minimum atomic E-state index is -3.69. The average Bonchev–Trinajstić information content (AvgIpc) is 3.31. The molecule has 0 aliphatic carbocycles. The molecule has 0 fully saturated rings. The Balaban J connectivity index is 2.11. The molecule has 2 rings (SSSR count). The molecule has 226 valence electrons. The lowest BCUT2D eigenvalue weighted by atomic mass is 10.1. The van der Waals surface area contributed by atoms with Crippen molar-refractivity contribution in [2.45, 2.75) is 104 Å². The van der Waals surface area contributed by atoms with Gasteiger partial charge in [0.15, 0.2) is 11.5 Å². The van der Waals surface area contributed by atoms with Crippen molar-refractivity contribution < 1.29 is 28.4 Å². The van der Waals surface area contributed by atoms with Crippen molar-refractivity contribution in [2.24, 2.45) is 0 Å². The zero-order valence-electron chi connectivity index (χ0n) is 24.6. The molecule has 3 atom stereocenters. The summed E-state index contributed by atoms with van der Waals surface area (Å²) in [7, 11) is -3.69. The average molecular weight is 584 g/mol. The first kappa shape index (κ1) is 33.6. The zero-order chi connectivity index (χ0) is 29.8. The van der Waals surface area contributed by atoms with Gasteiger partial charge in [-0.15, -0.1) is 0 Å². The molecule has 0 aliphatic heterocycles. The Hall–Kier alpha value is -2.60. The van der Waals surface area contributed by atoms with Crippen LogP contribution in [0.4, 0.5) is 5.82 Å². The van der Waals surface area contributed by atoms with Gasteiger partial charge < -0.3 is 24.5 Å². The lowest BCUT2D eigenvalue weighted by molar-refractivity contribution is -0.149. The molecule has 0 radical (unpaired) electrons. The van der Waals surface area contributed by atoms with Crippen molar-refractivity contribution in [3.05, 3.63) is 12.7 Å². The highest BCUT2D eigenvalue weighted by molar-refractivity contribution is 7.59. The fraction of sp³-hybridized carbons (Fsp3) is 0.731. The largest absolute Gasteiger partial charge is 0.465 e. The summed E-state index contributed by atoms with van der Waals surface area (Å²) in [5.74, 6) is -0.807. The number of esters is 2. The molecular weight excluding hydrogens is 537 g/mol. The van der Waals surface area contributed by atoms with E-state index in [1.165, 1.54) is 6.33 Å². The Labute approximate surface area is 236 Å². The quantitative estimate of drug-likeness (QED) is 0.124. The van der Waals surface area contributed by atoms with Crippen molar-refractivity contribution >= 4 is 36.4 Å². The third kappa shape index (κ3) is 10.4. The number of carbonyl (C=O) groups excluding carboxylic acids is 2. The number of imidazole rings is 1. The third-order valence-electron chi connectivity index (χ3n) is 6.12. The van der Waals surface area contributed by atoms with E-state index in [1.807, 2.05) is 0 Å². The van der Waals surface area contributed by atoms with Crippen molar-refractivity contribution in [1.82, 2.24) is 29.7 Å². The summed E-state index contributed by atoms with van der Waals surface area (Å²) >= 11 is 0. The molecule has 4 N–H and O–H groups in total. The van der Waals surface area contributed by atoms with Crippen molar-refractivity contribution in [3.8, 4) is 0 Å². The maximum atomic E-state index is 14.1. The topological polar surface area (TPSA) is 173 Å². The van der Waals surface area contributed by atoms with Crippen LogP contribution >= 0.6 is 7.44 Å². The maximum absolute atomic E-state index is 14.1. The molecule has 0 aromatic carbocycles. The van der Waals surface area contributed by atoms with E-state index >= 15 is 0 Å². The SMILES string of the molecule is CCCCCOC(=O)[C@@H](C)NP(=O)(CO[C@@H](C)Cn1cnc2c(N)ncnc21)NC(C)(C)C(=O)OCCCCC. The van der Waals surface area contributed by atoms with Gasteiger partial charge in [0.1, 0.15) is 29.8 Å². The number of nitrogens with zero attached hydrogens (tertiary/aromatic N) is 4. The number of nitrogens with one attached hydrogen (secondary N) is 2. The van der Waals surface area contributed by atoms with E-state index in [4.69, 9.17) is 19.9 Å². The predicted octanol–water partition coefficient (Wildman–Crippen LogP) is 3.78. The molecule has 40 heavy (non-hydrogen) atoms. The molecule has 0 saturated heterocycles. The van der Waals surface area contributed by atoms with Crippen LogP contribution in [-0.2, 0) is 34.9 Å². The van der Waals surface area contributed by atoms with Crippen molar-refractivity contribution in [3.63, 3.8) is 0 Å². The lowest BCUT2D eigenvalue weighted by Gasteiger charge is -2.32. The van der Waals surface area contributed by atoms with E-state index in [-0.39, 0.29) is 25.4 Å². The van der Waals surface area contributed by atoms with Gasteiger partial charge in [0.2, 0.25) is 7.44 Å². The maximum Gasteiger partial charge on any atom is 0.326 e. The molecule has 0 spiro atoms. The van der Waals surface area contributed by atoms with E-state index in [1.54, 1.807) is 38.6 Å². The number of fused-ring (bicyclic) bond motifs is 1. The van der Waals surface area contributed by atoms with Crippen molar-refractivity contribution in [1.29, 1.82) is 0 Å². The second-order valence-electron chi connectivity index (χ2n) is 10.5. The molecule has 2 heterocycles. The molecule has 14 heteroatoms. The highest BCUT2D eigenvalue weighted by Crippen LogP contribution is 2.40. The Bertz CT molecular complexity index is 1140. The number of nitrogen functional groups attached to an aromatic ring is 1. The number of aromatic nitrogens is 4. The minimum absolute atomic E-state index is 0.273. The number of hydrogen-bond acceptors (Lipinski definition) is 10. The first-order chi connectivity index (χ1) is 18.9. The van der Waals surface area contributed by atoms with Gasteiger partial charge >= 0.3 is 11.9 Å². The van der Waals surface area contributed by atoms with Gasteiger partial charge in [-0.05, 0) is 40.5 Å². The van der Waals surface area contributed by atoms with Crippen LogP contribution in [0.5, 0.6) is 0 Å². The number of unbranched alkanes of at least 4 members (excludes halogenated alkanes) is 4. The van der Waals surface area contributed by atoms with Gasteiger partial charge in [0.25, 0.3) is 0 Å².